The molecular formula is C13H15N5O. The normalized spacial score (nSPS) is 19.4. The second-order valence-corrected chi connectivity index (χ2v) is 4.61. The molecule has 0 unspecified atom stereocenters. The summed E-state index contributed by atoms with van der Waals surface area (Å²) in [6.45, 7) is 1.54. The third kappa shape index (κ3) is 2.68. The van der Waals surface area contributed by atoms with Gasteiger partial charge in [-0.15, -0.1) is 0 Å². The van der Waals surface area contributed by atoms with Crippen molar-refractivity contribution in [2.45, 2.75) is 18.9 Å². The van der Waals surface area contributed by atoms with Crippen LogP contribution in [0.1, 0.15) is 12.8 Å². The standard InChI is InChI=1S/C13H15N5O/c19-11-2-1-5-18(8-11)12-3-4-16-13(17-12)10-6-14-9-15-7-10/h3-4,6-7,9,11,19H,1-2,5,8H2/t11-/m0/s1. The molecule has 1 fully saturated rings. The molecule has 1 atom stereocenters. The van der Waals surface area contributed by atoms with Gasteiger partial charge >= 0.3 is 0 Å². The molecule has 0 radical (unpaired) electrons. The fourth-order valence-electron chi connectivity index (χ4n) is 2.24. The first-order chi connectivity index (χ1) is 9.33. The summed E-state index contributed by atoms with van der Waals surface area (Å²) in [5.74, 6) is 1.45. The van der Waals surface area contributed by atoms with Crippen molar-refractivity contribution >= 4 is 5.82 Å². The molecule has 3 rings (SSSR count). The van der Waals surface area contributed by atoms with Crippen molar-refractivity contribution in [3.63, 3.8) is 0 Å². The van der Waals surface area contributed by atoms with Gasteiger partial charge in [0.1, 0.15) is 12.1 Å². The highest BCUT2D eigenvalue weighted by molar-refractivity contribution is 5.54. The molecule has 0 aromatic carbocycles. The number of anilines is 1. The Balaban J connectivity index is 1.88. The van der Waals surface area contributed by atoms with E-state index in [0.717, 1.165) is 30.8 Å². The molecule has 6 heteroatoms. The van der Waals surface area contributed by atoms with E-state index in [0.29, 0.717) is 12.4 Å². The Morgan fingerprint density at radius 3 is 2.89 bits per heavy atom. The van der Waals surface area contributed by atoms with Gasteiger partial charge in [-0.2, -0.15) is 0 Å². The van der Waals surface area contributed by atoms with Crippen LogP contribution in [0.3, 0.4) is 0 Å². The highest BCUT2D eigenvalue weighted by Gasteiger charge is 2.19. The highest BCUT2D eigenvalue weighted by atomic mass is 16.3. The number of rotatable bonds is 2. The first-order valence-corrected chi connectivity index (χ1v) is 6.34. The van der Waals surface area contributed by atoms with Gasteiger partial charge in [-0.05, 0) is 18.9 Å². The number of hydrogen-bond acceptors (Lipinski definition) is 6. The summed E-state index contributed by atoms with van der Waals surface area (Å²) >= 11 is 0. The topological polar surface area (TPSA) is 75.0 Å². The predicted octanol–water partition coefficient (Wildman–Crippen LogP) is 0.895. The number of aliphatic hydroxyl groups excluding tert-OH is 1. The van der Waals surface area contributed by atoms with E-state index in [9.17, 15) is 5.11 Å². The van der Waals surface area contributed by atoms with Crippen LogP contribution in [0.5, 0.6) is 0 Å². The van der Waals surface area contributed by atoms with E-state index < -0.39 is 0 Å². The van der Waals surface area contributed by atoms with E-state index in [1.807, 2.05) is 6.07 Å². The minimum Gasteiger partial charge on any atom is -0.391 e. The lowest BCUT2D eigenvalue weighted by molar-refractivity contribution is 0.154. The summed E-state index contributed by atoms with van der Waals surface area (Å²) in [6.07, 6.45) is 8.16. The molecule has 0 bridgehead atoms. The largest absolute Gasteiger partial charge is 0.391 e. The Kier molecular flexibility index (Phi) is 3.33. The van der Waals surface area contributed by atoms with Gasteiger partial charge < -0.3 is 10.0 Å². The number of β-amino-alcohol motifs (C(OH)–C–C–N with tert-alkyl or cyclic N) is 1. The molecule has 0 amide bonds. The Hall–Kier alpha value is -2.08. The van der Waals surface area contributed by atoms with Crippen LogP contribution in [0.2, 0.25) is 0 Å². The minimum atomic E-state index is -0.271. The first kappa shape index (κ1) is 12.0. The van der Waals surface area contributed by atoms with Gasteiger partial charge in [0, 0.05) is 31.7 Å². The molecule has 2 aromatic heterocycles. The van der Waals surface area contributed by atoms with Gasteiger partial charge in [-0.1, -0.05) is 0 Å². The first-order valence-electron chi connectivity index (χ1n) is 6.34. The zero-order chi connectivity index (χ0) is 13.1. The number of aromatic nitrogens is 4. The van der Waals surface area contributed by atoms with Crippen LogP contribution in [-0.4, -0.2) is 44.2 Å². The molecule has 1 aliphatic heterocycles. The third-order valence-electron chi connectivity index (χ3n) is 3.18. The maximum atomic E-state index is 9.72. The van der Waals surface area contributed by atoms with E-state index in [-0.39, 0.29) is 6.10 Å². The molecule has 0 aliphatic carbocycles. The van der Waals surface area contributed by atoms with E-state index in [2.05, 4.69) is 24.8 Å². The number of nitrogens with zero attached hydrogens (tertiary/aromatic N) is 5. The van der Waals surface area contributed by atoms with E-state index in [1.54, 1.807) is 18.6 Å². The molecule has 0 spiro atoms. The molecule has 3 heterocycles. The highest BCUT2D eigenvalue weighted by Crippen LogP contribution is 2.20. The lowest BCUT2D eigenvalue weighted by atomic mass is 10.1. The molecule has 1 N–H and O–H groups in total. The average molecular weight is 257 g/mol. The van der Waals surface area contributed by atoms with Crippen LogP contribution in [0.4, 0.5) is 5.82 Å². The molecule has 2 aromatic rings. The molecule has 6 nitrogen and oxygen atoms in total. The molecule has 98 valence electrons. The average Bonchev–Trinajstić information content (AvgIpc) is 2.48. The Bertz CT molecular complexity index is 548. The predicted molar refractivity (Wildman–Crippen MR) is 70.5 cm³/mol. The lowest BCUT2D eigenvalue weighted by Gasteiger charge is -2.31. The summed E-state index contributed by atoms with van der Waals surface area (Å²) in [4.78, 5) is 18.8. The van der Waals surface area contributed by atoms with Gasteiger partial charge in [0.2, 0.25) is 0 Å². The van der Waals surface area contributed by atoms with E-state index in [1.165, 1.54) is 6.33 Å². The Morgan fingerprint density at radius 2 is 2.11 bits per heavy atom. The van der Waals surface area contributed by atoms with Crippen molar-refractivity contribution in [3.8, 4) is 11.4 Å². The van der Waals surface area contributed by atoms with Crippen molar-refractivity contribution in [3.05, 3.63) is 31.0 Å². The summed E-state index contributed by atoms with van der Waals surface area (Å²) in [6, 6.07) is 1.87. The minimum absolute atomic E-state index is 0.271. The van der Waals surface area contributed by atoms with Crippen molar-refractivity contribution in [1.29, 1.82) is 0 Å². The summed E-state index contributed by atoms with van der Waals surface area (Å²) in [7, 11) is 0. The van der Waals surface area contributed by atoms with Gasteiger partial charge in [-0.3, -0.25) is 0 Å². The van der Waals surface area contributed by atoms with Crippen LogP contribution < -0.4 is 4.90 Å². The van der Waals surface area contributed by atoms with Crippen LogP contribution in [0.15, 0.2) is 31.0 Å². The smallest absolute Gasteiger partial charge is 0.164 e. The third-order valence-corrected chi connectivity index (χ3v) is 3.18. The summed E-state index contributed by atoms with van der Waals surface area (Å²) < 4.78 is 0. The molecule has 0 saturated carbocycles. The fraction of sp³-hybridized carbons (Fsp3) is 0.385. The van der Waals surface area contributed by atoms with Gasteiger partial charge in [0.05, 0.1) is 11.7 Å². The van der Waals surface area contributed by atoms with Crippen LogP contribution in [0, 0.1) is 0 Å². The van der Waals surface area contributed by atoms with Crippen LogP contribution >= 0.6 is 0 Å². The maximum Gasteiger partial charge on any atom is 0.164 e. The number of hydrogen-bond donors (Lipinski definition) is 1. The van der Waals surface area contributed by atoms with Crippen molar-refractivity contribution in [2.75, 3.05) is 18.0 Å². The SMILES string of the molecule is O[C@H]1CCCN(c2ccnc(-c3cncnc3)n2)C1. The fourth-order valence-corrected chi connectivity index (χ4v) is 2.24. The molecule has 19 heavy (non-hydrogen) atoms. The van der Waals surface area contributed by atoms with Crippen molar-refractivity contribution < 1.29 is 5.11 Å². The van der Waals surface area contributed by atoms with Gasteiger partial charge in [-0.25, -0.2) is 19.9 Å². The Labute approximate surface area is 111 Å². The van der Waals surface area contributed by atoms with Crippen LogP contribution in [0.25, 0.3) is 11.4 Å². The lowest BCUT2D eigenvalue weighted by Crippen LogP contribution is -2.38. The monoisotopic (exact) mass is 257 g/mol. The van der Waals surface area contributed by atoms with E-state index >= 15 is 0 Å². The molecular weight excluding hydrogens is 242 g/mol. The molecule has 1 saturated heterocycles. The summed E-state index contributed by atoms with van der Waals surface area (Å²) in [5.41, 5.74) is 0.793. The second-order valence-electron chi connectivity index (χ2n) is 4.61. The number of aliphatic hydroxyl groups is 1. The van der Waals surface area contributed by atoms with Crippen molar-refractivity contribution in [1.82, 2.24) is 19.9 Å². The van der Waals surface area contributed by atoms with Gasteiger partial charge in [0.25, 0.3) is 0 Å². The summed E-state index contributed by atoms with van der Waals surface area (Å²) in [5, 5.41) is 9.72. The quantitative estimate of drug-likeness (QED) is 0.861. The second kappa shape index (κ2) is 5.27. The molecule has 1 aliphatic rings. The van der Waals surface area contributed by atoms with Crippen molar-refractivity contribution in [2.24, 2.45) is 0 Å². The zero-order valence-electron chi connectivity index (χ0n) is 10.5. The number of piperidine rings is 1. The van der Waals surface area contributed by atoms with Crippen LogP contribution in [-0.2, 0) is 0 Å². The maximum absolute atomic E-state index is 9.72. The Morgan fingerprint density at radius 1 is 1.26 bits per heavy atom. The zero-order valence-corrected chi connectivity index (χ0v) is 10.5. The van der Waals surface area contributed by atoms with Gasteiger partial charge in [0.15, 0.2) is 5.82 Å². The van der Waals surface area contributed by atoms with E-state index in [4.69, 9.17) is 0 Å².